The second kappa shape index (κ2) is 9.97. The summed E-state index contributed by atoms with van der Waals surface area (Å²) in [6, 6.07) is 9.99. The van der Waals surface area contributed by atoms with Crippen molar-refractivity contribution >= 4 is 16.9 Å². The maximum absolute atomic E-state index is 13.7. The number of hydrogen-bond donors (Lipinski definition) is 0. The van der Waals surface area contributed by atoms with Gasteiger partial charge in [-0.3, -0.25) is 4.79 Å². The molecule has 0 fully saturated rings. The number of aryl methyl sites for hydroxylation is 1. The van der Waals surface area contributed by atoms with Crippen molar-refractivity contribution in [3.8, 4) is 17.2 Å². The molecule has 0 N–H and O–H groups in total. The molecule has 0 radical (unpaired) electrons. The zero-order chi connectivity index (χ0) is 24.2. The number of hydrogen-bond acceptors (Lipinski definition) is 6. The minimum Gasteiger partial charge on any atom is -0.482 e. The highest BCUT2D eigenvalue weighted by atomic mass is 19.4. The van der Waals surface area contributed by atoms with E-state index in [-0.39, 0.29) is 29.1 Å². The zero-order valence-corrected chi connectivity index (χ0v) is 18.3. The molecule has 0 atom stereocenters. The Morgan fingerprint density at radius 1 is 1.09 bits per heavy atom. The molecular weight excluding hydrogens is 441 g/mol. The van der Waals surface area contributed by atoms with Crippen molar-refractivity contribution < 1.29 is 36.6 Å². The van der Waals surface area contributed by atoms with E-state index in [4.69, 9.17) is 18.6 Å². The fourth-order valence-corrected chi connectivity index (χ4v) is 2.91. The maximum Gasteiger partial charge on any atom is 0.453 e. The maximum atomic E-state index is 13.7. The van der Waals surface area contributed by atoms with Crippen molar-refractivity contribution in [2.45, 2.75) is 33.4 Å². The van der Waals surface area contributed by atoms with E-state index in [1.165, 1.54) is 24.3 Å². The van der Waals surface area contributed by atoms with Gasteiger partial charge >= 0.3 is 12.1 Å². The standard InChI is InChI=1S/C24H23F3O6/c1-14(2)9-10-30-20(28)13-31-16-7-8-18-19(12-16)33-23(24(25,26)27)22(21(18)29)32-17-6-4-5-15(3)11-17/h4-8,11-12,14H,9-10,13H2,1-3H3. The van der Waals surface area contributed by atoms with Gasteiger partial charge in [-0.05, 0) is 49.1 Å². The molecule has 1 aromatic heterocycles. The van der Waals surface area contributed by atoms with E-state index in [0.717, 1.165) is 11.6 Å². The predicted molar refractivity (Wildman–Crippen MR) is 115 cm³/mol. The first kappa shape index (κ1) is 24.2. The van der Waals surface area contributed by atoms with Crippen LogP contribution in [-0.4, -0.2) is 19.2 Å². The lowest BCUT2D eigenvalue weighted by Crippen LogP contribution is -2.17. The van der Waals surface area contributed by atoms with Crippen LogP contribution in [0.25, 0.3) is 11.0 Å². The van der Waals surface area contributed by atoms with Crippen LogP contribution in [0.5, 0.6) is 17.2 Å². The first-order chi connectivity index (χ1) is 15.5. The van der Waals surface area contributed by atoms with Crippen LogP contribution in [0.1, 0.15) is 31.6 Å². The number of benzene rings is 2. The Hall–Kier alpha value is -3.49. The van der Waals surface area contributed by atoms with Gasteiger partial charge in [0.1, 0.15) is 17.1 Å². The number of ether oxygens (including phenoxy) is 3. The average molecular weight is 464 g/mol. The molecule has 3 rings (SSSR count). The Bertz CT molecular complexity index is 1200. The lowest BCUT2D eigenvalue weighted by Gasteiger charge is -2.14. The smallest absolute Gasteiger partial charge is 0.453 e. The van der Waals surface area contributed by atoms with Gasteiger partial charge in [0.2, 0.25) is 11.2 Å². The molecule has 33 heavy (non-hydrogen) atoms. The van der Waals surface area contributed by atoms with Crippen LogP contribution in [0.4, 0.5) is 13.2 Å². The number of rotatable bonds is 8. The largest absolute Gasteiger partial charge is 0.482 e. The number of esters is 1. The zero-order valence-electron chi connectivity index (χ0n) is 18.3. The molecule has 3 aromatic rings. The van der Waals surface area contributed by atoms with E-state index in [9.17, 15) is 22.8 Å². The van der Waals surface area contributed by atoms with Crippen molar-refractivity contribution in [2.75, 3.05) is 13.2 Å². The molecule has 0 aliphatic rings. The minimum atomic E-state index is -4.98. The Balaban J connectivity index is 1.89. The molecule has 0 aliphatic heterocycles. The van der Waals surface area contributed by atoms with Crippen molar-refractivity contribution in [3.63, 3.8) is 0 Å². The van der Waals surface area contributed by atoms with E-state index in [0.29, 0.717) is 12.3 Å². The second-order valence-electron chi connectivity index (χ2n) is 7.86. The highest BCUT2D eigenvalue weighted by Gasteiger charge is 2.40. The lowest BCUT2D eigenvalue weighted by atomic mass is 10.1. The third-order valence-electron chi connectivity index (χ3n) is 4.60. The van der Waals surface area contributed by atoms with E-state index >= 15 is 0 Å². The summed E-state index contributed by atoms with van der Waals surface area (Å²) < 4.78 is 61.6. The molecule has 176 valence electrons. The van der Waals surface area contributed by atoms with Gasteiger partial charge < -0.3 is 18.6 Å². The number of alkyl halides is 3. The highest BCUT2D eigenvalue weighted by molar-refractivity contribution is 5.80. The van der Waals surface area contributed by atoms with Gasteiger partial charge in [0, 0.05) is 6.07 Å². The van der Waals surface area contributed by atoms with Crippen LogP contribution >= 0.6 is 0 Å². The van der Waals surface area contributed by atoms with Crippen LogP contribution in [-0.2, 0) is 15.7 Å². The third-order valence-corrected chi connectivity index (χ3v) is 4.60. The van der Waals surface area contributed by atoms with Crippen molar-refractivity contribution in [1.29, 1.82) is 0 Å². The van der Waals surface area contributed by atoms with E-state index in [1.54, 1.807) is 19.1 Å². The molecule has 0 saturated carbocycles. The lowest BCUT2D eigenvalue weighted by molar-refractivity contribution is -0.154. The Morgan fingerprint density at radius 3 is 2.52 bits per heavy atom. The molecule has 1 heterocycles. The SMILES string of the molecule is Cc1cccc(Oc2c(C(F)(F)F)oc3cc(OCC(=O)OCCC(C)C)ccc3c2=O)c1. The van der Waals surface area contributed by atoms with Gasteiger partial charge in [-0.2, -0.15) is 13.2 Å². The first-order valence-corrected chi connectivity index (χ1v) is 10.3. The summed E-state index contributed by atoms with van der Waals surface area (Å²) in [5.74, 6) is -2.65. The Labute approximate surface area is 187 Å². The number of halogens is 3. The summed E-state index contributed by atoms with van der Waals surface area (Å²) in [4.78, 5) is 24.6. The van der Waals surface area contributed by atoms with Crippen LogP contribution in [0.3, 0.4) is 0 Å². The number of fused-ring (bicyclic) bond motifs is 1. The molecule has 0 saturated heterocycles. The monoisotopic (exact) mass is 464 g/mol. The van der Waals surface area contributed by atoms with Gasteiger partial charge in [-0.25, -0.2) is 4.79 Å². The van der Waals surface area contributed by atoms with Crippen LogP contribution < -0.4 is 14.9 Å². The fourth-order valence-electron chi connectivity index (χ4n) is 2.91. The Kier molecular flexibility index (Phi) is 7.30. The van der Waals surface area contributed by atoms with E-state index in [1.807, 2.05) is 13.8 Å². The molecule has 0 amide bonds. The van der Waals surface area contributed by atoms with Gasteiger partial charge in [0.15, 0.2) is 6.61 Å². The molecule has 9 heteroatoms. The van der Waals surface area contributed by atoms with Gasteiger partial charge in [-0.15, -0.1) is 0 Å². The number of carbonyl (C=O) groups is 1. The van der Waals surface area contributed by atoms with Crippen molar-refractivity contribution in [1.82, 2.24) is 0 Å². The van der Waals surface area contributed by atoms with Gasteiger partial charge in [-0.1, -0.05) is 26.0 Å². The molecule has 6 nitrogen and oxygen atoms in total. The van der Waals surface area contributed by atoms with E-state index < -0.39 is 35.7 Å². The van der Waals surface area contributed by atoms with Crippen LogP contribution in [0.2, 0.25) is 0 Å². The minimum absolute atomic E-state index is 0.0481. The molecule has 0 aliphatic carbocycles. The summed E-state index contributed by atoms with van der Waals surface area (Å²) in [5.41, 5.74) is -0.588. The Morgan fingerprint density at radius 2 is 1.85 bits per heavy atom. The summed E-state index contributed by atoms with van der Waals surface area (Å²) in [5, 5.41) is -0.127. The van der Waals surface area contributed by atoms with Crippen molar-refractivity contribution in [3.05, 3.63) is 64.0 Å². The van der Waals surface area contributed by atoms with E-state index in [2.05, 4.69) is 0 Å². The van der Waals surface area contributed by atoms with Crippen molar-refractivity contribution in [2.24, 2.45) is 5.92 Å². The predicted octanol–water partition coefficient (Wildman–Crippen LogP) is 5.88. The normalized spacial score (nSPS) is 11.6. The summed E-state index contributed by atoms with van der Waals surface area (Å²) >= 11 is 0. The van der Waals surface area contributed by atoms with Gasteiger partial charge in [0.25, 0.3) is 5.76 Å². The topological polar surface area (TPSA) is 75.0 Å². The molecule has 0 bridgehead atoms. The van der Waals surface area contributed by atoms with Crippen LogP contribution in [0.15, 0.2) is 51.7 Å². The highest BCUT2D eigenvalue weighted by Crippen LogP contribution is 2.38. The summed E-state index contributed by atoms with van der Waals surface area (Å²) in [6.07, 6.45) is -4.29. The third kappa shape index (κ3) is 6.27. The van der Waals surface area contributed by atoms with Gasteiger partial charge in [0.05, 0.1) is 12.0 Å². The quantitative estimate of drug-likeness (QED) is 0.388. The molecular formula is C24H23F3O6. The summed E-state index contributed by atoms with van der Waals surface area (Å²) in [7, 11) is 0. The fraction of sp³-hybridized carbons (Fsp3) is 0.333. The summed E-state index contributed by atoms with van der Waals surface area (Å²) in [6.45, 7) is 5.52. The van der Waals surface area contributed by atoms with Crippen LogP contribution in [0, 0.1) is 12.8 Å². The molecule has 0 spiro atoms. The average Bonchev–Trinajstić information content (AvgIpc) is 2.73. The molecule has 2 aromatic carbocycles. The molecule has 0 unspecified atom stereocenters. The number of carbonyl (C=O) groups excluding carboxylic acids is 1. The second-order valence-corrected chi connectivity index (χ2v) is 7.86. The first-order valence-electron chi connectivity index (χ1n) is 10.3.